The molecule has 1 aliphatic heterocycles. The summed E-state index contributed by atoms with van der Waals surface area (Å²) in [6.45, 7) is 2.02. The summed E-state index contributed by atoms with van der Waals surface area (Å²) in [4.78, 5) is 39.4. The molecule has 0 spiro atoms. The van der Waals surface area contributed by atoms with Crippen LogP contribution in [0.2, 0.25) is 0 Å². The third-order valence-electron chi connectivity index (χ3n) is 3.88. The highest BCUT2D eigenvalue weighted by molar-refractivity contribution is 7.98. The van der Waals surface area contributed by atoms with E-state index in [1.165, 1.54) is 4.90 Å². The second kappa shape index (κ2) is 7.50. The van der Waals surface area contributed by atoms with Gasteiger partial charge in [-0.1, -0.05) is 0 Å². The van der Waals surface area contributed by atoms with Gasteiger partial charge in [0.25, 0.3) is 0 Å². The predicted octanol–water partition coefficient (Wildman–Crippen LogP) is 1.69. The van der Waals surface area contributed by atoms with Crippen LogP contribution in [-0.2, 0) is 14.4 Å². The van der Waals surface area contributed by atoms with Gasteiger partial charge in [-0.15, -0.1) is 11.8 Å². The maximum atomic E-state index is 12.4. The van der Waals surface area contributed by atoms with Gasteiger partial charge in [0, 0.05) is 30.1 Å². The zero-order valence-electron chi connectivity index (χ0n) is 13.2. The molecular weight excluding hydrogens is 316 g/mol. The number of carbonyl (C=O) groups is 3. The molecule has 1 unspecified atom stereocenters. The van der Waals surface area contributed by atoms with E-state index in [1.807, 2.05) is 30.5 Å². The van der Waals surface area contributed by atoms with Gasteiger partial charge in [-0.05, 0) is 37.4 Å². The molecule has 7 heteroatoms. The van der Waals surface area contributed by atoms with E-state index < -0.39 is 11.9 Å². The quantitative estimate of drug-likeness (QED) is 0.800. The van der Waals surface area contributed by atoms with E-state index in [0.29, 0.717) is 13.1 Å². The van der Waals surface area contributed by atoms with Gasteiger partial charge in [-0.25, -0.2) is 0 Å². The zero-order valence-corrected chi connectivity index (χ0v) is 14.0. The van der Waals surface area contributed by atoms with Crippen LogP contribution in [0.15, 0.2) is 29.2 Å². The Morgan fingerprint density at radius 1 is 1.35 bits per heavy atom. The monoisotopic (exact) mass is 336 g/mol. The van der Waals surface area contributed by atoms with Crippen molar-refractivity contribution >= 4 is 35.2 Å². The molecule has 2 rings (SSSR count). The van der Waals surface area contributed by atoms with Crippen molar-refractivity contribution in [1.29, 1.82) is 0 Å². The molecule has 23 heavy (non-hydrogen) atoms. The Bertz CT molecular complexity index is 603. The van der Waals surface area contributed by atoms with E-state index in [4.69, 9.17) is 5.11 Å². The Balaban J connectivity index is 2.09. The first kappa shape index (κ1) is 17.3. The molecule has 1 aromatic rings. The van der Waals surface area contributed by atoms with Gasteiger partial charge in [0.1, 0.15) is 6.54 Å². The number of likely N-dealkylation sites (N-methyl/N-ethyl adjacent to an activating group) is 1. The molecule has 1 N–H and O–H groups in total. The molecular formula is C16H20N2O4S. The van der Waals surface area contributed by atoms with Crippen molar-refractivity contribution in [3.05, 3.63) is 24.3 Å². The van der Waals surface area contributed by atoms with Gasteiger partial charge in [0.2, 0.25) is 11.8 Å². The summed E-state index contributed by atoms with van der Waals surface area (Å²) >= 11 is 1.62. The number of carbonyl (C=O) groups excluding carboxylic acids is 2. The average Bonchev–Trinajstić information content (AvgIpc) is 2.93. The van der Waals surface area contributed by atoms with Gasteiger partial charge >= 0.3 is 5.97 Å². The summed E-state index contributed by atoms with van der Waals surface area (Å²) in [6, 6.07) is 7.60. The molecule has 1 saturated heterocycles. The third kappa shape index (κ3) is 4.04. The fourth-order valence-corrected chi connectivity index (χ4v) is 3.06. The van der Waals surface area contributed by atoms with Gasteiger partial charge < -0.3 is 14.9 Å². The fraction of sp³-hybridized carbons (Fsp3) is 0.438. The number of benzene rings is 1. The molecule has 0 radical (unpaired) electrons. The van der Waals surface area contributed by atoms with Gasteiger partial charge in [0.15, 0.2) is 0 Å². The maximum absolute atomic E-state index is 12.4. The van der Waals surface area contributed by atoms with Crippen LogP contribution in [0.5, 0.6) is 0 Å². The van der Waals surface area contributed by atoms with Crippen LogP contribution < -0.4 is 4.90 Å². The number of hydrogen-bond donors (Lipinski definition) is 1. The second-order valence-electron chi connectivity index (χ2n) is 5.35. The summed E-state index contributed by atoms with van der Waals surface area (Å²) in [5, 5.41) is 8.86. The topological polar surface area (TPSA) is 77.9 Å². The van der Waals surface area contributed by atoms with Crippen molar-refractivity contribution in [3.8, 4) is 0 Å². The first-order chi connectivity index (χ1) is 11.0. The maximum Gasteiger partial charge on any atom is 0.323 e. The average molecular weight is 336 g/mol. The Labute approximate surface area is 139 Å². The lowest BCUT2D eigenvalue weighted by molar-refractivity contribution is -0.146. The van der Waals surface area contributed by atoms with Crippen molar-refractivity contribution in [1.82, 2.24) is 4.90 Å². The van der Waals surface area contributed by atoms with Crippen molar-refractivity contribution < 1.29 is 19.5 Å². The van der Waals surface area contributed by atoms with Crippen LogP contribution in [0.25, 0.3) is 0 Å². The number of amides is 2. The lowest BCUT2D eigenvalue weighted by Gasteiger charge is -2.22. The van der Waals surface area contributed by atoms with Crippen LogP contribution in [0.4, 0.5) is 5.69 Å². The summed E-state index contributed by atoms with van der Waals surface area (Å²) in [5.41, 5.74) is 0.768. The lowest BCUT2D eigenvalue weighted by Crippen LogP contribution is -2.40. The first-order valence-corrected chi connectivity index (χ1v) is 8.63. The van der Waals surface area contributed by atoms with E-state index >= 15 is 0 Å². The number of thioether (sulfide) groups is 1. The van der Waals surface area contributed by atoms with E-state index in [1.54, 1.807) is 23.6 Å². The van der Waals surface area contributed by atoms with Crippen molar-refractivity contribution in [2.24, 2.45) is 5.92 Å². The van der Waals surface area contributed by atoms with E-state index in [-0.39, 0.29) is 24.8 Å². The lowest BCUT2D eigenvalue weighted by atomic mass is 10.1. The standard InChI is InChI=1S/C16H20N2O4S/c1-3-17(10-15(20)21)16(22)11-8-14(19)18(9-11)12-4-6-13(23-2)7-5-12/h4-7,11H,3,8-10H2,1-2H3,(H,20,21). The van der Waals surface area contributed by atoms with Crippen molar-refractivity contribution in [2.75, 3.05) is 30.8 Å². The Kier molecular flexibility index (Phi) is 5.65. The minimum atomic E-state index is -1.05. The molecule has 2 amide bonds. The summed E-state index contributed by atoms with van der Waals surface area (Å²) < 4.78 is 0. The van der Waals surface area contributed by atoms with Crippen LogP contribution in [-0.4, -0.2) is 53.7 Å². The van der Waals surface area contributed by atoms with Gasteiger partial charge in [-0.3, -0.25) is 14.4 Å². The molecule has 0 aromatic heterocycles. The molecule has 0 aliphatic carbocycles. The van der Waals surface area contributed by atoms with Crippen molar-refractivity contribution in [3.63, 3.8) is 0 Å². The van der Waals surface area contributed by atoms with E-state index in [9.17, 15) is 14.4 Å². The normalized spacial score (nSPS) is 17.4. The molecule has 124 valence electrons. The number of aliphatic carboxylic acids is 1. The smallest absolute Gasteiger partial charge is 0.323 e. The Hall–Kier alpha value is -2.02. The number of carboxylic acids is 1. The molecule has 1 heterocycles. The summed E-state index contributed by atoms with van der Waals surface area (Å²) in [6.07, 6.45) is 2.10. The summed E-state index contributed by atoms with van der Waals surface area (Å²) in [7, 11) is 0. The molecule has 0 bridgehead atoms. The highest BCUT2D eigenvalue weighted by atomic mass is 32.2. The SMILES string of the molecule is CCN(CC(=O)O)C(=O)C1CC(=O)N(c2ccc(SC)cc2)C1. The molecule has 1 fully saturated rings. The minimum Gasteiger partial charge on any atom is -0.480 e. The highest BCUT2D eigenvalue weighted by Gasteiger charge is 2.37. The fourth-order valence-electron chi connectivity index (χ4n) is 2.65. The molecule has 1 atom stereocenters. The van der Waals surface area contributed by atoms with E-state index in [0.717, 1.165) is 10.6 Å². The second-order valence-corrected chi connectivity index (χ2v) is 6.23. The largest absolute Gasteiger partial charge is 0.480 e. The minimum absolute atomic E-state index is 0.105. The van der Waals surface area contributed by atoms with Gasteiger partial charge in [-0.2, -0.15) is 0 Å². The molecule has 1 aromatic carbocycles. The Morgan fingerprint density at radius 3 is 2.52 bits per heavy atom. The van der Waals surface area contributed by atoms with Gasteiger partial charge in [0.05, 0.1) is 5.92 Å². The number of carboxylic acid groups (broad SMARTS) is 1. The van der Waals surface area contributed by atoms with Crippen LogP contribution >= 0.6 is 11.8 Å². The zero-order chi connectivity index (χ0) is 17.0. The summed E-state index contributed by atoms with van der Waals surface area (Å²) in [5.74, 6) is -1.91. The number of hydrogen-bond acceptors (Lipinski definition) is 4. The van der Waals surface area contributed by atoms with Crippen LogP contribution in [0.3, 0.4) is 0 Å². The third-order valence-corrected chi connectivity index (χ3v) is 4.62. The number of rotatable bonds is 6. The molecule has 0 saturated carbocycles. The predicted molar refractivity (Wildman–Crippen MR) is 88.6 cm³/mol. The number of anilines is 1. The van der Waals surface area contributed by atoms with Crippen LogP contribution in [0.1, 0.15) is 13.3 Å². The first-order valence-electron chi connectivity index (χ1n) is 7.41. The van der Waals surface area contributed by atoms with Crippen LogP contribution in [0, 0.1) is 5.92 Å². The molecule has 6 nitrogen and oxygen atoms in total. The highest BCUT2D eigenvalue weighted by Crippen LogP contribution is 2.28. The molecule has 1 aliphatic rings. The van der Waals surface area contributed by atoms with E-state index in [2.05, 4.69) is 0 Å². The van der Waals surface area contributed by atoms with Crippen molar-refractivity contribution in [2.45, 2.75) is 18.2 Å². The Morgan fingerprint density at radius 2 is 2.00 bits per heavy atom. The number of nitrogens with zero attached hydrogens (tertiary/aromatic N) is 2.